The molecular formula is C21H27N2O3+. The molecule has 1 amide bonds. The molecule has 1 aliphatic rings. The van der Waals surface area contributed by atoms with Crippen molar-refractivity contribution in [2.45, 2.75) is 45.4 Å². The second-order valence-electron chi connectivity index (χ2n) is 7.65. The van der Waals surface area contributed by atoms with E-state index in [1.807, 2.05) is 63.5 Å². The first-order valence-corrected chi connectivity index (χ1v) is 9.07. The number of pyridine rings is 1. The predicted molar refractivity (Wildman–Crippen MR) is 99.0 cm³/mol. The van der Waals surface area contributed by atoms with Crippen LogP contribution in [0.25, 0.3) is 0 Å². The van der Waals surface area contributed by atoms with Gasteiger partial charge in [0.05, 0.1) is 6.54 Å². The molecule has 0 N–H and O–H groups in total. The van der Waals surface area contributed by atoms with Crippen molar-refractivity contribution in [1.29, 1.82) is 0 Å². The molecule has 2 aromatic rings. The Balaban J connectivity index is 1.51. The van der Waals surface area contributed by atoms with Crippen LogP contribution in [0.5, 0.6) is 5.75 Å². The summed E-state index contributed by atoms with van der Waals surface area (Å²) in [5, 5.41) is 0. The number of rotatable bonds is 4. The second kappa shape index (κ2) is 7.77. The number of carbonyl (C=O) groups is 1. The average Bonchev–Trinajstić information content (AvgIpc) is 3.05. The van der Waals surface area contributed by atoms with Crippen LogP contribution in [0, 0.1) is 0 Å². The van der Waals surface area contributed by atoms with E-state index in [2.05, 4.69) is 16.7 Å². The fourth-order valence-corrected chi connectivity index (χ4v) is 2.93. The first kappa shape index (κ1) is 18.2. The van der Waals surface area contributed by atoms with Gasteiger partial charge in [-0.3, -0.25) is 0 Å². The Morgan fingerprint density at radius 3 is 2.50 bits per heavy atom. The number of carbonyl (C=O) groups excluding carboxylic acids is 1. The fourth-order valence-electron chi connectivity index (χ4n) is 2.93. The Bertz CT molecular complexity index is 723. The third-order valence-corrected chi connectivity index (χ3v) is 4.17. The van der Waals surface area contributed by atoms with Crippen molar-refractivity contribution in [2.24, 2.45) is 0 Å². The number of hydrogen-bond acceptors (Lipinski definition) is 3. The summed E-state index contributed by atoms with van der Waals surface area (Å²) in [5.74, 6) is 0.824. The molecule has 0 aliphatic carbocycles. The molecular weight excluding hydrogens is 328 g/mol. The van der Waals surface area contributed by atoms with Crippen LogP contribution < -0.4 is 9.30 Å². The molecule has 0 spiro atoms. The van der Waals surface area contributed by atoms with E-state index in [-0.39, 0.29) is 12.2 Å². The Morgan fingerprint density at radius 1 is 1.15 bits per heavy atom. The van der Waals surface area contributed by atoms with Gasteiger partial charge in [-0.25, -0.2) is 9.36 Å². The van der Waals surface area contributed by atoms with Crippen LogP contribution in [0.15, 0.2) is 54.9 Å². The highest BCUT2D eigenvalue weighted by Gasteiger charge is 2.30. The van der Waals surface area contributed by atoms with Gasteiger partial charge in [0.2, 0.25) is 0 Å². The third kappa shape index (κ3) is 5.22. The maximum Gasteiger partial charge on any atom is 0.410 e. The van der Waals surface area contributed by atoms with Crippen molar-refractivity contribution in [3.63, 3.8) is 0 Å². The SMILES string of the molecule is CC(C)(C)OC(=O)N1CC[C@@H](Oc2cc[n+](Cc3ccccc3)cc2)C1. The van der Waals surface area contributed by atoms with E-state index >= 15 is 0 Å². The van der Waals surface area contributed by atoms with E-state index in [9.17, 15) is 4.79 Å². The van der Waals surface area contributed by atoms with Gasteiger partial charge in [0, 0.05) is 30.7 Å². The first-order valence-electron chi connectivity index (χ1n) is 9.07. The van der Waals surface area contributed by atoms with Crippen molar-refractivity contribution >= 4 is 6.09 Å². The van der Waals surface area contributed by atoms with Crippen LogP contribution in [0.1, 0.15) is 32.8 Å². The number of hydrogen-bond donors (Lipinski definition) is 0. The summed E-state index contributed by atoms with van der Waals surface area (Å²) in [6.07, 6.45) is 4.59. The molecule has 5 heteroatoms. The topological polar surface area (TPSA) is 42.6 Å². The average molecular weight is 355 g/mol. The highest BCUT2D eigenvalue weighted by Crippen LogP contribution is 2.19. The molecule has 138 valence electrons. The molecule has 1 aliphatic heterocycles. The molecule has 2 heterocycles. The number of benzene rings is 1. The maximum absolute atomic E-state index is 12.1. The predicted octanol–water partition coefficient (Wildman–Crippen LogP) is 3.41. The second-order valence-corrected chi connectivity index (χ2v) is 7.65. The van der Waals surface area contributed by atoms with Crippen molar-refractivity contribution in [3.05, 3.63) is 60.4 Å². The van der Waals surface area contributed by atoms with Crippen LogP contribution in [0.2, 0.25) is 0 Å². The maximum atomic E-state index is 12.1. The van der Waals surface area contributed by atoms with Crippen LogP contribution in [-0.4, -0.2) is 35.8 Å². The Kier molecular flexibility index (Phi) is 5.45. The zero-order chi connectivity index (χ0) is 18.6. The normalized spacial score (nSPS) is 17.2. The van der Waals surface area contributed by atoms with E-state index in [0.717, 1.165) is 18.7 Å². The van der Waals surface area contributed by atoms with Crippen molar-refractivity contribution in [3.8, 4) is 5.75 Å². The third-order valence-electron chi connectivity index (χ3n) is 4.17. The molecule has 3 rings (SSSR count). The summed E-state index contributed by atoms with van der Waals surface area (Å²) in [6, 6.07) is 14.3. The summed E-state index contributed by atoms with van der Waals surface area (Å²) >= 11 is 0. The van der Waals surface area contributed by atoms with Crippen LogP contribution in [0.3, 0.4) is 0 Å². The van der Waals surface area contributed by atoms with Gasteiger partial charge in [0.1, 0.15) is 17.5 Å². The van der Waals surface area contributed by atoms with Gasteiger partial charge in [-0.05, 0) is 20.8 Å². The minimum atomic E-state index is -0.470. The monoisotopic (exact) mass is 355 g/mol. The number of nitrogens with zero attached hydrogens (tertiary/aromatic N) is 2. The standard InChI is InChI=1S/C21H27N2O3/c1-21(2,3)26-20(24)23-14-11-19(16-23)25-18-9-12-22(13-10-18)15-17-7-5-4-6-8-17/h4-10,12-13,19H,11,14-16H2,1-3H3/q+1/t19-/m1/s1. The van der Waals surface area contributed by atoms with Gasteiger partial charge in [-0.2, -0.15) is 0 Å². The summed E-state index contributed by atoms with van der Waals surface area (Å²) in [6.45, 7) is 7.70. The van der Waals surface area contributed by atoms with Crippen LogP contribution in [0.4, 0.5) is 4.79 Å². The minimum Gasteiger partial charge on any atom is -0.488 e. The summed E-state index contributed by atoms with van der Waals surface area (Å²) in [4.78, 5) is 13.8. The highest BCUT2D eigenvalue weighted by atomic mass is 16.6. The van der Waals surface area contributed by atoms with E-state index in [1.54, 1.807) is 4.90 Å². The van der Waals surface area contributed by atoms with Crippen molar-refractivity contribution in [2.75, 3.05) is 13.1 Å². The minimum absolute atomic E-state index is 0.00694. The lowest BCUT2D eigenvalue weighted by molar-refractivity contribution is -0.688. The Labute approximate surface area is 155 Å². The van der Waals surface area contributed by atoms with E-state index in [0.29, 0.717) is 13.1 Å². The lowest BCUT2D eigenvalue weighted by Crippen LogP contribution is -2.36. The van der Waals surface area contributed by atoms with Gasteiger partial charge in [0.25, 0.3) is 0 Å². The Morgan fingerprint density at radius 2 is 1.85 bits per heavy atom. The van der Waals surface area contributed by atoms with Crippen molar-refractivity contribution in [1.82, 2.24) is 4.90 Å². The number of amides is 1. The smallest absolute Gasteiger partial charge is 0.410 e. The number of ether oxygens (including phenoxy) is 2. The molecule has 1 fully saturated rings. The van der Waals surface area contributed by atoms with Crippen molar-refractivity contribution < 1.29 is 18.8 Å². The molecule has 1 saturated heterocycles. The summed E-state index contributed by atoms with van der Waals surface area (Å²) in [7, 11) is 0. The Hall–Kier alpha value is -2.56. The quantitative estimate of drug-likeness (QED) is 0.790. The van der Waals surface area contributed by atoms with Gasteiger partial charge in [0.15, 0.2) is 18.9 Å². The van der Waals surface area contributed by atoms with Gasteiger partial charge in [-0.15, -0.1) is 0 Å². The lowest BCUT2D eigenvalue weighted by Gasteiger charge is -2.24. The first-order chi connectivity index (χ1) is 12.4. The molecule has 0 bridgehead atoms. The fraction of sp³-hybridized carbons (Fsp3) is 0.429. The zero-order valence-corrected chi connectivity index (χ0v) is 15.7. The highest BCUT2D eigenvalue weighted by molar-refractivity contribution is 5.68. The molecule has 5 nitrogen and oxygen atoms in total. The van der Waals surface area contributed by atoms with Gasteiger partial charge >= 0.3 is 6.09 Å². The molecule has 0 unspecified atom stereocenters. The van der Waals surface area contributed by atoms with Gasteiger partial charge < -0.3 is 14.4 Å². The molecule has 1 atom stereocenters. The molecule has 0 radical (unpaired) electrons. The van der Waals surface area contributed by atoms with Gasteiger partial charge in [-0.1, -0.05) is 30.3 Å². The number of aromatic nitrogens is 1. The molecule has 1 aromatic heterocycles. The van der Waals surface area contributed by atoms with Crippen LogP contribution in [-0.2, 0) is 11.3 Å². The molecule has 26 heavy (non-hydrogen) atoms. The molecule has 1 aromatic carbocycles. The summed E-state index contributed by atoms with van der Waals surface area (Å²) in [5.41, 5.74) is 0.789. The van der Waals surface area contributed by atoms with E-state index in [4.69, 9.17) is 9.47 Å². The molecule has 0 saturated carbocycles. The number of likely N-dealkylation sites (tertiary alicyclic amines) is 1. The summed E-state index contributed by atoms with van der Waals surface area (Å²) < 4.78 is 13.6. The van der Waals surface area contributed by atoms with E-state index < -0.39 is 5.60 Å². The largest absolute Gasteiger partial charge is 0.488 e. The van der Waals surface area contributed by atoms with E-state index in [1.165, 1.54) is 5.56 Å². The zero-order valence-electron chi connectivity index (χ0n) is 15.7. The lowest BCUT2D eigenvalue weighted by atomic mass is 10.2. The van der Waals surface area contributed by atoms with Crippen LogP contribution >= 0.6 is 0 Å².